The summed E-state index contributed by atoms with van der Waals surface area (Å²) in [7, 11) is 3.63. The Morgan fingerprint density at radius 1 is 1.21 bits per heavy atom. The highest BCUT2D eigenvalue weighted by atomic mass is 19.1. The second kappa shape index (κ2) is 5.07. The number of aryl methyl sites for hydroxylation is 1. The van der Waals surface area contributed by atoms with Gasteiger partial charge >= 0.3 is 0 Å². The maximum atomic E-state index is 13.9. The van der Waals surface area contributed by atoms with E-state index in [4.69, 9.17) is 0 Å². The average molecular weight is 255 g/mol. The molecule has 3 nitrogen and oxygen atoms in total. The first kappa shape index (κ1) is 13.0. The van der Waals surface area contributed by atoms with Crippen molar-refractivity contribution in [2.45, 2.75) is 6.92 Å². The van der Waals surface area contributed by atoms with E-state index in [0.717, 1.165) is 5.69 Å². The average Bonchev–Trinajstić information content (AvgIpc) is 2.38. The Kier molecular flexibility index (Phi) is 3.48. The lowest BCUT2D eigenvalue weighted by atomic mass is 9.99. The van der Waals surface area contributed by atoms with Crippen molar-refractivity contribution in [2.24, 2.45) is 0 Å². The van der Waals surface area contributed by atoms with Crippen LogP contribution in [0.4, 0.5) is 10.2 Å². The lowest BCUT2D eigenvalue weighted by Crippen LogP contribution is -2.14. The molecular weight excluding hydrogens is 241 g/mol. The van der Waals surface area contributed by atoms with E-state index in [-0.39, 0.29) is 5.82 Å². The fourth-order valence-electron chi connectivity index (χ4n) is 1.98. The molecule has 1 aromatic carbocycles. The molecule has 0 saturated heterocycles. The first-order valence-corrected chi connectivity index (χ1v) is 5.88. The second-order valence-corrected chi connectivity index (χ2v) is 4.50. The van der Waals surface area contributed by atoms with Crippen molar-refractivity contribution in [1.82, 2.24) is 4.98 Å². The van der Waals surface area contributed by atoms with Crippen LogP contribution in [0.2, 0.25) is 0 Å². The summed E-state index contributed by atoms with van der Waals surface area (Å²) >= 11 is 0. The van der Waals surface area contributed by atoms with Gasteiger partial charge in [0.2, 0.25) is 0 Å². The van der Waals surface area contributed by atoms with Crippen LogP contribution in [0, 0.1) is 24.1 Å². The van der Waals surface area contributed by atoms with E-state index >= 15 is 0 Å². The molecule has 0 fully saturated rings. The number of benzene rings is 1. The van der Waals surface area contributed by atoms with Gasteiger partial charge in [-0.2, -0.15) is 5.26 Å². The zero-order valence-corrected chi connectivity index (χ0v) is 11.1. The molecule has 0 unspecified atom stereocenters. The van der Waals surface area contributed by atoms with Gasteiger partial charge in [0.25, 0.3) is 0 Å². The smallest absolute Gasteiger partial charge is 0.146 e. The van der Waals surface area contributed by atoms with Crippen LogP contribution in [-0.4, -0.2) is 19.1 Å². The highest BCUT2D eigenvalue weighted by molar-refractivity contribution is 5.77. The number of rotatable bonds is 2. The fraction of sp³-hybridized carbons (Fsp3) is 0.200. The van der Waals surface area contributed by atoms with Crippen LogP contribution in [0.3, 0.4) is 0 Å². The van der Waals surface area contributed by atoms with Gasteiger partial charge in [0.1, 0.15) is 23.3 Å². The van der Waals surface area contributed by atoms with Crippen LogP contribution in [-0.2, 0) is 0 Å². The van der Waals surface area contributed by atoms with Crippen LogP contribution in [0.5, 0.6) is 0 Å². The van der Waals surface area contributed by atoms with Crippen LogP contribution in [0.15, 0.2) is 30.3 Å². The van der Waals surface area contributed by atoms with E-state index < -0.39 is 0 Å². The molecule has 4 heteroatoms. The molecule has 0 spiro atoms. The Bertz CT molecular complexity index is 657. The number of nitriles is 1. The molecule has 0 aliphatic heterocycles. The Morgan fingerprint density at radius 2 is 1.89 bits per heavy atom. The first-order chi connectivity index (χ1) is 9.04. The maximum absolute atomic E-state index is 13.9. The summed E-state index contributed by atoms with van der Waals surface area (Å²) < 4.78 is 13.9. The van der Waals surface area contributed by atoms with Crippen LogP contribution < -0.4 is 4.90 Å². The van der Waals surface area contributed by atoms with Crippen molar-refractivity contribution in [2.75, 3.05) is 19.0 Å². The van der Waals surface area contributed by atoms with Crippen molar-refractivity contribution < 1.29 is 4.39 Å². The summed E-state index contributed by atoms with van der Waals surface area (Å²) in [6, 6.07) is 10.3. The molecule has 96 valence electrons. The molecule has 1 heterocycles. The molecule has 0 N–H and O–H groups in total. The predicted molar refractivity (Wildman–Crippen MR) is 73.4 cm³/mol. The zero-order chi connectivity index (χ0) is 14.0. The van der Waals surface area contributed by atoms with E-state index in [2.05, 4.69) is 11.1 Å². The number of hydrogen-bond acceptors (Lipinski definition) is 3. The Morgan fingerprint density at radius 3 is 2.47 bits per heavy atom. The topological polar surface area (TPSA) is 39.9 Å². The molecule has 2 aromatic rings. The minimum atomic E-state index is -0.339. The first-order valence-electron chi connectivity index (χ1n) is 5.88. The van der Waals surface area contributed by atoms with Gasteiger partial charge in [-0.1, -0.05) is 18.2 Å². The monoisotopic (exact) mass is 255 g/mol. The quantitative estimate of drug-likeness (QED) is 0.827. The third-order valence-electron chi connectivity index (χ3n) is 2.83. The largest absolute Gasteiger partial charge is 0.362 e. The van der Waals surface area contributed by atoms with Gasteiger partial charge in [-0.25, -0.2) is 9.37 Å². The van der Waals surface area contributed by atoms with Gasteiger partial charge in [0.05, 0.1) is 0 Å². The summed E-state index contributed by atoms with van der Waals surface area (Å²) in [6.07, 6.45) is 0. The Balaban J connectivity index is 2.78. The number of aromatic nitrogens is 1. The minimum absolute atomic E-state index is 0.339. The second-order valence-electron chi connectivity index (χ2n) is 4.50. The molecule has 0 amide bonds. The molecule has 0 radical (unpaired) electrons. The molecule has 19 heavy (non-hydrogen) atoms. The van der Waals surface area contributed by atoms with Crippen molar-refractivity contribution in [3.63, 3.8) is 0 Å². The van der Waals surface area contributed by atoms with Crippen molar-refractivity contribution >= 4 is 5.82 Å². The molecule has 2 rings (SSSR count). The standard InChI is InChI=1S/C15H14FN3/c1-10-8-12(11-6-4-5-7-14(11)16)13(9-17)15(18-10)19(2)3/h4-8H,1-3H3. The zero-order valence-electron chi connectivity index (χ0n) is 11.1. The summed E-state index contributed by atoms with van der Waals surface area (Å²) in [4.78, 5) is 6.10. The lowest BCUT2D eigenvalue weighted by molar-refractivity contribution is 0.631. The van der Waals surface area contributed by atoms with E-state index in [1.807, 2.05) is 21.0 Å². The van der Waals surface area contributed by atoms with Gasteiger partial charge in [-0.15, -0.1) is 0 Å². The molecule has 0 atom stereocenters. The third-order valence-corrected chi connectivity index (χ3v) is 2.83. The van der Waals surface area contributed by atoms with Gasteiger partial charge in [-0.3, -0.25) is 0 Å². The van der Waals surface area contributed by atoms with Crippen LogP contribution in [0.25, 0.3) is 11.1 Å². The number of anilines is 1. The van der Waals surface area contributed by atoms with E-state index in [0.29, 0.717) is 22.5 Å². The summed E-state index contributed by atoms with van der Waals surface area (Å²) in [5, 5.41) is 9.35. The van der Waals surface area contributed by atoms with Crippen molar-refractivity contribution in [1.29, 1.82) is 5.26 Å². The molecule has 0 aliphatic carbocycles. The summed E-state index contributed by atoms with van der Waals surface area (Å²) in [5.74, 6) is 0.218. The Hall–Kier alpha value is -2.41. The molecular formula is C15H14FN3. The van der Waals surface area contributed by atoms with E-state index in [1.54, 1.807) is 29.2 Å². The Labute approximate surface area is 111 Å². The van der Waals surface area contributed by atoms with Crippen LogP contribution in [0.1, 0.15) is 11.3 Å². The number of halogens is 1. The normalized spacial score (nSPS) is 10.1. The maximum Gasteiger partial charge on any atom is 0.146 e. The van der Waals surface area contributed by atoms with E-state index in [1.165, 1.54) is 6.07 Å². The number of nitrogens with zero attached hydrogens (tertiary/aromatic N) is 3. The fourth-order valence-corrected chi connectivity index (χ4v) is 1.98. The molecule has 1 aromatic heterocycles. The highest BCUT2D eigenvalue weighted by Gasteiger charge is 2.16. The van der Waals surface area contributed by atoms with Crippen molar-refractivity contribution in [3.8, 4) is 17.2 Å². The van der Waals surface area contributed by atoms with Gasteiger partial charge < -0.3 is 4.90 Å². The minimum Gasteiger partial charge on any atom is -0.362 e. The number of hydrogen-bond donors (Lipinski definition) is 0. The third kappa shape index (κ3) is 2.41. The van der Waals surface area contributed by atoms with Gasteiger partial charge in [0, 0.05) is 30.9 Å². The summed E-state index contributed by atoms with van der Waals surface area (Å²) in [5.41, 5.74) is 2.14. The predicted octanol–water partition coefficient (Wildman–Crippen LogP) is 3.13. The lowest BCUT2D eigenvalue weighted by Gasteiger charge is -2.17. The summed E-state index contributed by atoms with van der Waals surface area (Å²) in [6.45, 7) is 1.83. The van der Waals surface area contributed by atoms with Gasteiger partial charge in [0.15, 0.2) is 0 Å². The van der Waals surface area contributed by atoms with Crippen LogP contribution >= 0.6 is 0 Å². The SMILES string of the molecule is Cc1cc(-c2ccccc2F)c(C#N)c(N(C)C)n1. The highest BCUT2D eigenvalue weighted by Crippen LogP contribution is 2.31. The molecule has 0 bridgehead atoms. The van der Waals surface area contributed by atoms with E-state index in [9.17, 15) is 9.65 Å². The van der Waals surface area contributed by atoms with Gasteiger partial charge in [-0.05, 0) is 19.1 Å². The molecule has 0 aliphatic rings. The van der Waals surface area contributed by atoms with Crippen molar-refractivity contribution in [3.05, 3.63) is 47.4 Å². The molecule has 0 saturated carbocycles. The number of pyridine rings is 1.